The number of hydrogen-bond acceptors (Lipinski definition) is 13. The van der Waals surface area contributed by atoms with Gasteiger partial charge in [-0.05, 0) is 11.8 Å². The van der Waals surface area contributed by atoms with Gasteiger partial charge < -0.3 is 45.1 Å². The Bertz CT molecular complexity index is 1740. The molecule has 0 aliphatic carbocycles. The summed E-state index contributed by atoms with van der Waals surface area (Å²) in [5.41, 5.74) is 9.20. The first-order valence-electron chi connectivity index (χ1n) is 12.2. The summed E-state index contributed by atoms with van der Waals surface area (Å²) in [6.45, 7) is -5.33. The number of nitrogens with two attached hydrogens (primary N) is 2. The Morgan fingerprint density at radius 1 is 1.22 bits per heavy atom. The van der Waals surface area contributed by atoms with Crippen LogP contribution in [0.3, 0.4) is 0 Å². The molecule has 220 valence electrons. The Labute approximate surface area is 233 Å². The normalized spacial score (nSPS) is 29.9. The van der Waals surface area contributed by atoms with E-state index in [4.69, 9.17) is 37.3 Å². The Kier molecular flexibility index (Phi) is 7.02. The number of H-pyrrole nitrogens is 1. The second-order valence-corrected chi connectivity index (χ2v) is 13.1. The van der Waals surface area contributed by atoms with Crippen molar-refractivity contribution in [3.05, 3.63) is 35.0 Å². The fraction of sp³-hybridized carbons (Fsp3) is 0.476. The summed E-state index contributed by atoms with van der Waals surface area (Å²) in [6.07, 6.45) is -4.36. The zero-order chi connectivity index (χ0) is 29.2. The number of rotatable bonds is 7. The molecule has 2 fully saturated rings. The monoisotopic (exact) mass is 615 g/mol. The summed E-state index contributed by atoms with van der Waals surface area (Å²) in [7, 11) is 0. The van der Waals surface area contributed by atoms with E-state index in [-0.39, 0.29) is 40.4 Å². The van der Waals surface area contributed by atoms with Crippen LogP contribution < -0.4 is 17.0 Å². The lowest BCUT2D eigenvalue weighted by atomic mass is 10.2. The van der Waals surface area contributed by atoms with Crippen LogP contribution in [0.25, 0.3) is 22.2 Å². The zero-order valence-corrected chi connectivity index (χ0v) is 22.5. The van der Waals surface area contributed by atoms with Crippen molar-refractivity contribution in [2.75, 3.05) is 24.7 Å². The van der Waals surface area contributed by atoms with E-state index in [1.54, 1.807) is 0 Å². The van der Waals surface area contributed by atoms with Gasteiger partial charge in [-0.15, -0.1) is 0 Å². The minimum Gasteiger partial charge on any atom is -0.394 e. The number of alkyl halides is 1. The molecule has 41 heavy (non-hydrogen) atoms. The number of imidazole rings is 1. The molecule has 4 aromatic heterocycles. The first kappa shape index (κ1) is 28.0. The molecular formula is C21H24F2N9O7PS. The van der Waals surface area contributed by atoms with Crippen molar-refractivity contribution < 1.29 is 37.9 Å². The number of fused-ring (bicyclic) bond motifs is 2. The number of nitrogens with zero attached hydrogens (tertiary/aromatic N) is 6. The number of hydrogen-bond donors (Lipinski definition) is 6. The van der Waals surface area contributed by atoms with Crippen LogP contribution in [0.2, 0.25) is 0 Å². The maximum absolute atomic E-state index is 15.5. The fourth-order valence-corrected chi connectivity index (χ4v) is 7.60. The quantitative estimate of drug-likeness (QED) is 0.143. The molecule has 2 unspecified atom stereocenters. The maximum Gasteiger partial charge on any atom is 0.280 e. The van der Waals surface area contributed by atoms with Crippen LogP contribution in [0.15, 0.2) is 23.6 Å². The van der Waals surface area contributed by atoms with E-state index in [0.717, 1.165) is 18.9 Å². The largest absolute Gasteiger partial charge is 0.394 e. The summed E-state index contributed by atoms with van der Waals surface area (Å²) in [6, 6.07) is 0. The molecule has 0 aromatic carbocycles. The highest BCUT2D eigenvalue weighted by Gasteiger charge is 2.54. The van der Waals surface area contributed by atoms with Gasteiger partial charge in [0.2, 0.25) is 5.95 Å². The molecule has 0 amide bonds. The molecule has 0 saturated carbocycles. The van der Waals surface area contributed by atoms with Crippen molar-refractivity contribution in [3.8, 4) is 0 Å². The van der Waals surface area contributed by atoms with Crippen LogP contribution in [0.4, 0.5) is 20.5 Å². The summed E-state index contributed by atoms with van der Waals surface area (Å²) in [4.78, 5) is 41.6. The molecular weight excluding hydrogens is 591 g/mol. The summed E-state index contributed by atoms with van der Waals surface area (Å²) in [5.74, 6) is -0.971. The molecule has 8 atom stereocenters. The van der Waals surface area contributed by atoms with Crippen molar-refractivity contribution in [2.45, 2.75) is 49.0 Å². The van der Waals surface area contributed by atoms with Crippen molar-refractivity contribution in [1.29, 1.82) is 0 Å². The van der Waals surface area contributed by atoms with Crippen LogP contribution in [0, 0.1) is 5.82 Å². The van der Waals surface area contributed by atoms with Gasteiger partial charge in [-0.1, -0.05) is 0 Å². The van der Waals surface area contributed by atoms with Crippen LogP contribution >= 0.6 is 6.49 Å². The number of anilines is 2. The Balaban J connectivity index is 1.24. The van der Waals surface area contributed by atoms with E-state index in [9.17, 15) is 24.3 Å². The lowest BCUT2D eigenvalue weighted by Gasteiger charge is -2.29. The first-order chi connectivity index (χ1) is 19.5. The number of aromatic amines is 1. The first-order valence-corrected chi connectivity index (χ1v) is 14.9. The van der Waals surface area contributed by atoms with E-state index in [1.807, 2.05) is 0 Å². The van der Waals surface area contributed by atoms with E-state index in [2.05, 4.69) is 24.9 Å². The SMILES string of the molecule is Nc1nc2c(ncn2C2O[C@H](CO)[C@@H](F)[C@H]2P(O)(=S)OC[C@H]2O[C@@H](n3cc(F)c4c(N)ncnc43)C[C@@H]2O)c(=O)[nH]1. The zero-order valence-electron chi connectivity index (χ0n) is 20.8. The van der Waals surface area contributed by atoms with Crippen molar-refractivity contribution in [3.63, 3.8) is 0 Å². The second kappa shape index (κ2) is 10.3. The van der Waals surface area contributed by atoms with Gasteiger partial charge in [-0.2, -0.15) is 4.98 Å². The van der Waals surface area contributed by atoms with Crippen molar-refractivity contribution in [1.82, 2.24) is 34.1 Å². The summed E-state index contributed by atoms with van der Waals surface area (Å²) >= 11 is 5.36. The molecule has 0 spiro atoms. The topological polar surface area (TPSA) is 235 Å². The predicted molar refractivity (Wildman–Crippen MR) is 141 cm³/mol. The molecule has 6 heterocycles. The third-order valence-electron chi connectivity index (χ3n) is 7.10. The van der Waals surface area contributed by atoms with Gasteiger partial charge in [0.1, 0.15) is 42.4 Å². The van der Waals surface area contributed by atoms with Gasteiger partial charge in [0.25, 0.3) is 5.56 Å². The van der Waals surface area contributed by atoms with E-state index in [0.29, 0.717) is 0 Å². The van der Waals surface area contributed by atoms with Crippen LogP contribution in [-0.4, -0.2) is 92.5 Å². The van der Waals surface area contributed by atoms with Crippen molar-refractivity contribution in [2.24, 2.45) is 0 Å². The number of nitrogen functional groups attached to an aromatic ring is 2. The second-order valence-electron chi connectivity index (χ2n) is 9.59. The smallest absolute Gasteiger partial charge is 0.280 e. The van der Waals surface area contributed by atoms with Gasteiger partial charge in [0.05, 0.1) is 31.0 Å². The summed E-state index contributed by atoms with van der Waals surface area (Å²) < 4.78 is 49.8. The molecule has 6 rings (SSSR count). The fourth-order valence-electron chi connectivity index (χ4n) is 5.14. The van der Waals surface area contributed by atoms with Crippen LogP contribution in [0.1, 0.15) is 18.9 Å². The van der Waals surface area contributed by atoms with E-state index < -0.39 is 73.7 Å². The highest BCUT2D eigenvalue weighted by atomic mass is 32.5. The lowest BCUT2D eigenvalue weighted by Crippen LogP contribution is -2.32. The number of halogens is 2. The third-order valence-corrected chi connectivity index (χ3v) is 9.96. The number of nitrogens with one attached hydrogen (secondary N) is 1. The number of ether oxygens (including phenoxy) is 2. The minimum atomic E-state index is -4.12. The number of aliphatic hydroxyl groups excluding tert-OH is 2. The standard InChI is InChI=1S/C21H24F2N9O7PS/c22-7-2-31(17-12(7)16(24)26-5-27-17)11-1-8(34)10(38-11)4-37-40(36,41)15-13(23)9(3-33)39-20(15)32-6-28-14-18(32)29-21(25)30-19(14)35/h2,5-6,8-11,13,15,20,33-34H,1,3-4H2,(H,36,41)(H2,24,26,27)(H3,25,29,30,35)/t8-,9+,10+,11+,13+,15+,20?,40?/m0/s1. The van der Waals surface area contributed by atoms with Gasteiger partial charge >= 0.3 is 0 Å². The average Bonchev–Trinajstić information content (AvgIpc) is 3.66. The van der Waals surface area contributed by atoms with E-state index >= 15 is 4.39 Å². The van der Waals surface area contributed by atoms with Crippen LogP contribution in [0.5, 0.6) is 0 Å². The number of aliphatic hydroxyl groups is 2. The van der Waals surface area contributed by atoms with Gasteiger partial charge in [-0.25, -0.2) is 23.7 Å². The van der Waals surface area contributed by atoms with Gasteiger partial charge in [0, 0.05) is 12.6 Å². The third kappa shape index (κ3) is 4.67. The molecule has 4 aromatic rings. The Hall–Kier alpha value is -3.16. The molecule has 16 nitrogen and oxygen atoms in total. The highest BCUT2D eigenvalue weighted by Crippen LogP contribution is 2.58. The molecule has 0 bridgehead atoms. The molecule has 8 N–H and O–H groups in total. The van der Waals surface area contributed by atoms with Crippen molar-refractivity contribution >= 4 is 52.3 Å². The summed E-state index contributed by atoms with van der Waals surface area (Å²) in [5, 5.41) is 20.3. The number of aromatic nitrogens is 7. The highest BCUT2D eigenvalue weighted by molar-refractivity contribution is 8.09. The molecule has 2 aliphatic rings. The molecule has 2 saturated heterocycles. The molecule has 20 heteroatoms. The average molecular weight is 616 g/mol. The molecule has 2 aliphatic heterocycles. The van der Waals surface area contributed by atoms with Crippen LogP contribution in [-0.2, 0) is 25.8 Å². The lowest BCUT2D eigenvalue weighted by molar-refractivity contribution is -0.0398. The minimum absolute atomic E-state index is 0.00103. The van der Waals surface area contributed by atoms with Gasteiger partial charge in [-0.3, -0.25) is 14.3 Å². The Morgan fingerprint density at radius 3 is 2.76 bits per heavy atom. The Morgan fingerprint density at radius 2 is 2.00 bits per heavy atom. The predicted octanol–water partition coefficient (Wildman–Crippen LogP) is -0.569. The van der Waals surface area contributed by atoms with Gasteiger partial charge in [0.15, 0.2) is 35.3 Å². The maximum atomic E-state index is 15.5. The van der Waals surface area contributed by atoms with E-state index in [1.165, 1.54) is 9.13 Å². The molecule has 0 radical (unpaired) electrons.